The molecule has 5 rings (SSSR count). The second-order valence-corrected chi connectivity index (χ2v) is 9.99. The fourth-order valence-corrected chi connectivity index (χ4v) is 5.54. The van der Waals surface area contributed by atoms with E-state index < -0.39 is 0 Å². The molecule has 0 radical (unpaired) electrons. The molecule has 1 aliphatic rings. The molecule has 0 atom stereocenters. The molecule has 10 heteroatoms. The molecule has 184 valence electrons. The van der Waals surface area contributed by atoms with Crippen molar-refractivity contribution in [3.63, 3.8) is 0 Å². The Morgan fingerprint density at radius 3 is 2.89 bits per heavy atom. The van der Waals surface area contributed by atoms with Crippen LogP contribution in [0.3, 0.4) is 0 Å². The molecule has 1 saturated heterocycles. The first-order valence-electron chi connectivity index (χ1n) is 12.4. The predicted molar refractivity (Wildman–Crippen MR) is 138 cm³/mol. The highest BCUT2D eigenvalue weighted by Gasteiger charge is 2.23. The smallest absolute Gasteiger partial charge is 0.222 e. The minimum Gasteiger partial charge on any atom is -0.491 e. The molecule has 1 N–H and O–H groups in total. The van der Waals surface area contributed by atoms with Gasteiger partial charge in [0.25, 0.3) is 0 Å². The summed E-state index contributed by atoms with van der Waals surface area (Å²) in [4.78, 5) is 28.6. The Kier molecular flexibility index (Phi) is 7.37. The quantitative estimate of drug-likeness (QED) is 0.330. The fourth-order valence-electron chi connectivity index (χ4n) is 4.51. The number of ether oxygens (including phenoxy) is 1. The van der Waals surface area contributed by atoms with Gasteiger partial charge in [0.05, 0.1) is 17.5 Å². The Bertz CT molecular complexity index is 1280. The van der Waals surface area contributed by atoms with Gasteiger partial charge < -0.3 is 14.5 Å². The SMILES string of the molecule is CCCCCc1cc2c(N3CCN(C(=O)CCCOc4cccc5[nH]nnc45)CC3)ncnc2s1. The van der Waals surface area contributed by atoms with E-state index in [0.29, 0.717) is 43.8 Å². The number of hydrogen-bond donors (Lipinski definition) is 1. The Hall–Kier alpha value is -3.27. The molecule has 4 heterocycles. The fraction of sp³-hybridized carbons (Fsp3) is 0.480. The zero-order chi connectivity index (χ0) is 24.0. The van der Waals surface area contributed by atoms with Gasteiger partial charge in [-0.15, -0.1) is 16.4 Å². The summed E-state index contributed by atoms with van der Waals surface area (Å²) in [7, 11) is 0. The van der Waals surface area contributed by atoms with Crippen LogP contribution in [0.15, 0.2) is 30.6 Å². The van der Waals surface area contributed by atoms with E-state index in [4.69, 9.17) is 4.74 Å². The molecule has 35 heavy (non-hydrogen) atoms. The Balaban J connectivity index is 1.11. The lowest BCUT2D eigenvalue weighted by Gasteiger charge is -2.35. The summed E-state index contributed by atoms with van der Waals surface area (Å²) in [5.41, 5.74) is 1.56. The molecule has 9 nitrogen and oxygen atoms in total. The number of nitrogens with one attached hydrogen (secondary N) is 1. The van der Waals surface area contributed by atoms with Crippen molar-refractivity contribution in [3.8, 4) is 5.75 Å². The molecule has 1 amide bonds. The van der Waals surface area contributed by atoms with E-state index in [0.717, 1.165) is 41.1 Å². The first-order chi connectivity index (χ1) is 17.2. The number of aromatic amines is 1. The van der Waals surface area contributed by atoms with E-state index >= 15 is 0 Å². The third-order valence-electron chi connectivity index (χ3n) is 6.43. The van der Waals surface area contributed by atoms with Crippen molar-refractivity contribution in [1.29, 1.82) is 0 Å². The molecular weight excluding hydrogens is 462 g/mol. The number of anilines is 1. The number of benzene rings is 1. The van der Waals surface area contributed by atoms with E-state index in [-0.39, 0.29) is 5.91 Å². The number of aromatic nitrogens is 5. The standard InChI is InChI=1S/C25H31N7O2S/c1-2-3-4-7-18-16-19-24(26-17-27-25(19)35-18)32-13-11-31(12-14-32)22(33)10-6-15-34-21-9-5-8-20-23(21)29-30-28-20/h5,8-9,16-17H,2-4,6-7,10-15H2,1H3,(H,28,29,30). The monoisotopic (exact) mass is 493 g/mol. The molecule has 0 bridgehead atoms. The summed E-state index contributed by atoms with van der Waals surface area (Å²) < 4.78 is 5.85. The lowest BCUT2D eigenvalue weighted by Crippen LogP contribution is -2.49. The number of hydrogen-bond acceptors (Lipinski definition) is 8. The summed E-state index contributed by atoms with van der Waals surface area (Å²) >= 11 is 1.78. The largest absolute Gasteiger partial charge is 0.491 e. The number of nitrogens with zero attached hydrogens (tertiary/aromatic N) is 6. The van der Waals surface area contributed by atoms with Crippen molar-refractivity contribution in [3.05, 3.63) is 35.5 Å². The van der Waals surface area contributed by atoms with Gasteiger partial charge in [-0.05, 0) is 37.5 Å². The molecule has 1 aliphatic heterocycles. The number of aryl methyl sites for hydroxylation is 1. The lowest BCUT2D eigenvalue weighted by molar-refractivity contribution is -0.131. The van der Waals surface area contributed by atoms with Crippen LogP contribution in [0.2, 0.25) is 0 Å². The van der Waals surface area contributed by atoms with Crippen molar-refractivity contribution < 1.29 is 9.53 Å². The average Bonchev–Trinajstić information content (AvgIpc) is 3.54. The zero-order valence-electron chi connectivity index (χ0n) is 20.1. The summed E-state index contributed by atoms with van der Waals surface area (Å²) in [5.74, 6) is 1.86. The first kappa shape index (κ1) is 23.5. The summed E-state index contributed by atoms with van der Waals surface area (Å²) in [5, 5.41) is 11.8. The molecule has 1 aromatic carbocycles. The number of fused-ring (bicyclic) bond motifs is 2. The number of H-pyrrole nitrogens is 1. The minimum absolute atomic E-state index is 0.175. The predicted octanol–water partition coefficient (Wildman–Crippen LogP) is 4.20. The van der Waals surface area contributed by atoms with Crippen LogP contribution < -0.4 is 9.64 Å². The van der Waals surface area contributed by atoms with Crippen LogP contribution in [0.4, 0.5) is 5.82 Å². The number of thiophene rings is 1. The van der Waals surface area contributed by atoms with Crippen LogP contribution >= 0.6 is 11.3 Å². The number of unbranched alkanes of at least 4 members (excludes halogenated alkanes) is 2. The van der Waals surface area contributed by atoms with Gasteiger partial charge in [-0.2, -0.15) is 0 Å². The third-order valence-corrected chi connectivity index (χ3v) is 7.53. The van der Waals surface area contributed by atoms with Crippen LogP contribution in [0, 0.1) is 0 Å². The highest BCUT2D eigenvalue weighted by atomic mass is 32.1. The molecule has 0 saturated carbocycles. The second kappa shape index (κ2) is 11.0. The zero-order valence-corrected chi connectivity index (χ0v) is 20.9. The Morgan fingerprint density at radius 2 is 2.03 bits per heavy atom. The van der Waals surface area contributed by atoms with Crippen LogP contribution in [0.5, 0.6) is 5.75 Å². The van der Waals surface area contributed by atoms with Gasteiger partial charge in [0, 0.05) is 37.5 Å². The molecule has 0 unspecified atom stereocenters. The summed E-state index contributed by atoms with van der Waals surface area (Å²) in [6, 6.07) is 7.94. The van der Waals surface area contributed by atoms with Crippen molar-refractivity contribution >= 4 is 44.3 Å². The highest BCUT2D eigenvalue weighted by Crippen LogP contribution is 2.31. The third kappa shape index (κ3) is 5.37. The van der Waals surface area contributed by atoms with Crippen LogP contribution in [-0.4, -0.2) is 69.0 Å². The number of amides is 1. The van der Waals surface area contributed by atoms with Crippen LogP contribution in [0.1, 0.15) is 43.9 Å². The Labute approximate surface area is 208 Å². The van der Waals surface area contributed by atoms with Crippen molar-refractivity contribution in [2.24, 2.45) is 0 Å². The maximum atomic E-state index is 12.8. The normalized spacial score (nSPS) is 14.2. The molecular formula is C25H31N7O2S. The average molecular weight is 494 g/mol. The van der Waals surface area contributed by atoms with E-state index in [1.807, 2.05) is 23.1 Å². The number of carbonyl (C=O) groups is 1. The van der Waals surface area contributed by atoms with Crippen molar-refractivity contribution in [2.75, 3.05) is 37.7 Å². The van der Waals surface area contributed by atoms with Crippen molar-refractivity contribution in [1.82, 2.24) is 30.3 Å². The molecule has 0 spiro atoms. The lowest BCUT2D eigenvalue weighted by atomic mass is 10.2. The van der Waals surface area contributed by atoms with Gasteiger partial charge in [0.2, 0.25) is 5.91 Å². The van der Waals surface area contributed by atoms with Gasteiger partial charge in [-0.25, -0.2) is 9.97 Å². The van der Waals surface area contributed by atoms with E-state index in [9.17, 15) is 4.79 Å². The molecule has 4 aromatic rings. The van der Waals surface area contributed by atoms with E-state index in [1.54, 1.807) is 17.7 Å². The van der Waals surface area contributed by atoms with Crippen LogP contribution in [-0.2, 0) is 11.2 Å². The topological polar surface area (TPSA) is 100 Å². The van der Waals surface area contributed by atoms with E-state index in [1.165, 1.54) is 24.1 Å². The maximum absolute atomic E-state index is 12.8. The van der Waals surface area contributed by atoms with Gasteiger partial charge in [-0.1, -0.05) is 31.0 Å². The van der Waals surface area contributed by atoms with E-state index in [2.05, 4.69) is 43.3 Å². The maximum Gasteiger partial charge on any atom is 0.222 e. The van der Waals surface area contributed by atoms with Crippen LogP contribution in [0.25, 0.3) is 21.3 Å². The molecule has 0 aliphatic carbocycles. The first-order valence-corrected chi connectivity index (χ1v) is 13.2. The summed E-state index contributed by atoms with van der Waals surface area (Å²) in [6.07, 6.45) is 7.61. The second-order valence-electron chi connectivity index (χ2n) is 8.87. The Morgan fingerprint density at radius 1 is 1.14 bits per heavy atom. The number of carbonyl (C=O) groups excluding carboxylic acids is 1. The van der Waals surface area contributed by atoms with Gasteiger partial charge >= 0.3 is 0 Å². The van der Waals surface area contributed by atoms with Gasteiger partial charge in [-0.3, -0.25) is 9.89 Å². The highest BCUT2D eigenvalue weighted by molar-refractivity contribution is 7.18. The number of piperazine rings is 1. The molecule has 1 fully saturated rings. The minimum atomic E-state index is 0.175. The molecule has 3 aromatic heterocycles. The van der Waals surface area contributed by atoms with Gasteiger partial charge in [0.1, 0.15) is 22.7 Å². The number of rotatable bonds is 10. The van der Waals surface area contributed by atoms with Crippen molar-refractivity contribution in [2.45, 2.75) is 45.4 Å². The summed E-state index contributed by atoms with van der Waals surface area (Å²) in [6.45, 7) is 5.67. The van der Waals surface area contributed by atoms with Gasteiger partial charge in [0.15, 0.2) is 5.52 Å².